The van der Waals surface area contributed by atoms with Crippen molar-refractivity contribution in [3.8, 4) is 11.5 Å². The normalized spacial score (nSPS) is 10.2. The van der Waals surface area contributed by atoms with Gasteiger partial charge in [0.25, 0.3) is 11.6 Å². The van der Waals surface area contributed by atoms with Gasteiger partial charge in [0.1, 0.15) is 0 Å². The number of hydrogen-bond donors (Lipinski definition) is 0. The van der Waals surface area contributed by atoms with E-state index >= 15 is 0 Å². The third-order valence-corrected chi connectivity index (χ3v) is 3.83. The molecule has 132 valence electrons. The predicted octanol–water partition coefficient (Wildman–Crippen LogP) is 2.93. The minimum Gasteiger partial charge on any atom is -0.493 e. The van der Waals surface area contributed by atoms with Gasteiger partial charge in [-0.2, -0.15) is 0 Å². The lowest BCUT2D eigenvalue weighted by Crippen LogP contribution is -2.28. The van der Waals surface area contributed by atoms with Crippen LogP contribution in [-0.2, 0) is 6.42 Å². The Morgan fingerprint density at radius 2 is 1.84 bits per heavy atom. The number of carbonyl (C=O) groups excluding carboxylic acids is 1. The summed E-state index contributed by atoms with van der Waals surface area (Å²) in [6.07, 6.45) is 0.623. The van der Waals surface area contributed by atoms with Crippen molar-refractivity contribution in [2.24, 2.45) is 0 Å². The fraction of sp³-hybridized carbons (Fsp3) is 0.278. The van der Waals surface area contributed by atoms with Gasteiger partial charge in [0, 0.05) is 31.3 Å². The van der Waals surface area contributed by atoms with E-state index in [9.17, 15) is 14.9 Å². The largest absolute Gasteiger partial charge is 0.493 e. The maximum atomic E-state index is 12.4. The zero-order valence-corrected chi connectivity index (χ0v) is 14.4. The minimum absolute atomic E-state index is 0.0980. The molecule has 25 heavy (non-hydrogen) atoms. The summed E-state index contributed by atoms with van der Waals surface area (Å²) in [5.41, 5.74) is 1.19. The van der Waals surface area contributed by atoms with Crippen LogP contribution in [0.25, 0.3) is 0 Å². The number of nitro groups is 1. The number of methoxy groups -OCH3 is 2. The van der Waals surface area contributed by atoms with Gasteiger partial charge < -0.3 is 14.4 Å². The molecule has 0 saturated heterocycles. The standard InChI is InChI=1S/C18H20N2O5/c1-19(18(21)14-5-4-6-15(12-14)20(22)23)10-9-13-7-8-16(24-2)17(11-13)25-3/h4-8,11-12H,9-10H2,1-3H3. The van der Waals surface area contributed by atoms with Crippen molar-refractivity contribution in [2.45, 2.75) is 6.42 Å². The number of likely N-dealkylation sites (N-methyl/N-ethyl adjacent to an activating group) is 1. The molecule has 0 bridgehead atoms. The van der Waals surface area contributed by atoms with Crippen LogP contribution in [0.4, 0.5) is 5.69 Å². The van der Waals surface area contributed by atoms with Gasteiger partial charge in [0.2, 0.25) is 0 Å². The molecule has 2 aromatic rings. The summed E-state index contributed by atoms with van der Waals surface area (Å²) in [5, 5.41) is 10.8. The molecule has 0 aliphatic rings. The number of benzene rings is 2. The van der Waals surface area contributed by atoms with Crippen molar-refractivity contribution in [3.63, 3.8) is 0 Å². The van der Waals surface area contributed by atoms with E-state index in [2.05, 4.69) is 0 Å². The molecule has 0 aliphatic heterocycles. The summed E-state index contributed by atoms with van der Waals surface area (Å²) in [6, 6.07) is 11.3. The second-order valence-corrected chi connectivity index (χ2v) is 5.47. The molecule has 0 fully saturated rings. The summed E-state index contributed by atoms with van der Waals surface area (Å²) in [7, 11) is 4.81. The van der Waals surface area contributed by atoms with E-state index in [4.69, 9.17) is 9.47 Å². The lowest BCUT2D eigenvalue weighted by atomic mass is 10.1. The zero-order valence-electron chi connectivity index (χ0n) is 14.4. The van der Waals surface area contributed by atoms with Crippen molar-refractivity contribution in [2.75, 3.05) is 27.8 Å². The topological polar surface area (TPSA) is 81.9 Å². The van der Waals surface area contributed by atoms with E-state index in [0.29, 0.717) is 30.0 Å². The van der Waals surface area contributed by atoms with Crippen molar-refractivity contribution in [3.05, 3.63) is 63.7 Å². The highest BCUT2D eigenvalue weighted by Crippen LogP contribution is 2.27. The van der Waals surface area contributed by atoms with Crippen LogP contribution in [-0.4, -0.2) is 43.5 Å². The quantitative estimate of drug-likeness (QED) is 0.570. The Bertz CT molecular complexity index is 776. The molecule has 1 amide bonds. The Morgan fingerprint density at radius 3 is 2.48 bits per heavy atom. The van der Waals surface area contributed by atoms with Crippen LogP contribution < -0.4 is 9.47 Å². The van der Waals surface area contributed by atoms with Crippen molar-refractivity contribution < 1.29 is 19.2 Å². The van der Waals surface area contributed by atoms with Gasteiger partial charge in [-0.25, -0.2) is 0 Å². The van der Waals surface area contributed by atoms with E-state index in [1.54, 1.807) is 27.3 Å². The lowest BCUT2D eigenvalue weighted by molar-refractivity contribution is -0.384. The number of carbonyl (C=O) groups is 1. The number of hydrogen-bond acceptors (Lipinski definition) is 5. The number of ether oxygens (including phenoxy) is 2. The molecule has 0 atom stereocenters. The highest BCUT2D eigenvalue weighted by molar-refractivity contribution is 5.94. The van der Waals surface area contributed by atoms with Gasteiger partial charge in [0.15, 0.2) is 11.5 Å². The SMILES string of the molecule is COc1ccc(CCN(C)C(=O)c2cccc([N+](=O)[O-])c2)cc1OC. The highest BCUT2D eigenvalue weighted by atomic mass is 16.6. The summed E-state index contributed by atoms with van der Waals surface area (Å²) < 4.78 is 10.5. The average molecular weight is 344 g/mol. The Balaban J connectivity index is 2.04. The van der Waals surface area contributed by atoms with Gasteiger partial charge in [0.05, 0.1) is 19.1 Å². The zero-order chi connectivity index (χ0) is 18.4. The molecule has 2 rings (SSSR count). The van der Waals surface area contributed by atoms with E-state index in [0.717, 1.165) is 5.56 Å². The molecule has 0 spiro atoms. The molecular weight excluding hydrogens is 324 g/mol. The number of non-ortho nitro benzene ring substituents is 1. The Kier molecular flexibility index (Phi) is 5.94. The first kappa shape index (κ1) is 18.3. The first-order chi connectivity index (χ1) is 12.0. The van der Waals surface area contributed by atoms with Crippen molar-refractivity contribution in [1.82, 2.24) is 4.90 Å². The lowest BCUT2D eigenvalue weighted by Gasteiger charge is -2.17. The second-order valence-electron chi connectivity index (χ2n) is 5.47. The molecule has 0 radical (unpaired) electrons. The van der Waals surface area contributed by atoms with E-state index < -0.39 is 4.92 Å². The van der Waals surface area contributed by atoms with Crippen LogP contribution in [0.15, 0.2) is 42.5 Å². The molecule has 0 aliphatic carbocycles. The summed E-state index contributed by atoms with van der Waals surface area (Å²) in [6.45, 7) is 0.469. The fourth-order valence-corrected chi connectivity index (χ4v) is 2.41. The molecule has 0 aromatic heterocycles. The highest BCUT2D eigenvalue weighted by Gasteiger charge is 2.15. The Hall–Kier alpha value is -3.09. The van der Waals surface area contributed by atoms with Gasteiger partial charge in [-0.05, 0) is 30.2 Å². The first-order valence-electron chi connectivity index (χ1n) is 7.67. The molecule has 0 unspecified atom stereocenters. The second kappa shape index (κ2) is 8.14. The van der Waals surface area contributed by atoms with Crippen LogP contribution in [0.1, 0.15) is 15.9 Å². The first-order valence-corrected chi connectivity index (χ1v) is 7.67. The number of amides is 1. The molecule has 2 aromatic carbocycles. The maximum Gasteiger partial charge on any atom is 0.270 e. The van der Waals surface area contributed by atoms with Gasteiger partial charge in [-0.3, -0.25) is 14.9 Å². The van der Waals surface area contributed by atoms with E-state index in [-0.39, 0.29) is 11.6 Å². The van der Waals surface area contributed by atoms with Crippen molar-refractivity contribution in [1.29, 1.82) is 0 Å². The van der Waals surface area contributed by atoms with Crippen molar-refractivity contribution >= 4 is 11.6 Å². The Labute approximate surface area is 145 Å². The van der Waals surface area contributed by atoms with Gasteiger partial charge in [-0.15, -0.1) is 0 Å². The smallest absolute Gasteiger partial charge is 0.270 e. The summed E-state index contributed by atoms with van der Waals surface area (Å²) >= 11 is 0. The molecule has 0 N–H and O–H groups in total. The van der Waals surface area contributed by atoms with Gasteiger partial charge in [-0.1, -0.05) is 12.1 Å². The van der Waals surface area contributed by atoms with Crippen LogP contribution in [0.5, 0.6) is 11.5 Å². The predicted molar refractivity (Wildman–Crippen MR) is 93.3 cm³/mol. The fourth-order valence-electron chi connectivity index (χ4n) is 2.41. The number of nitrogens with zero attached hydrogens (tertiary/aromatic N) is 2. The molecule has 0 saturated carbocycles. The van der Waals surface area contributed by atoms with Crippen LogP contribution >= 0.6 is 0 Å². The molecular formula is C18H20N2O5. The summed E-state index contributed by atoms with van der Waals surface area (Å²) in [5.74, 6) is 1.02. The minimum atomic E-state index is -0.513. The third-order valence-electron chi connectivity index (χ3n) is 3.83. The Morgan fingerprint density at radius 1 is 1.12 bits per heavy atom. The van der Waals surface area contributed by atoms with E-state index in [1.807, 2.05) is 18.2 Å². The molecule has 7 nitrogen and oxygen atoms in total. The average Bonchev–Trinajstić information content (AvgIpc) is 2.65. The van der Waals surface area contributed by atoms with Crippen LogP contribution in [0.2, 0.25) is 0 Å². The summed E-state index contributed by atoms with van der Waals surface area (Å²) in [4.78, 5) is 24.3. The molecule has 7 heteroatoms. The number of nitro benzene ring substituents is 1. The van der Waals surface area contributed by atoms with Gasteiger partial charge >= 0.3 is 0 Å². The molecule has 0 heterocycles. The third kappa shape index (κ3) is 4.47. The van der Waals surface area contributed by atoms with Crippen LogP contribution in [0.3, 0.4) is 0 Å². The monoisotopic (exact) mass is 344 g/mol. The van der Waals surface area contributed by atoms with E-state index in [1.165, 1.54) is 23.1 Å². The van der Waals surface area contributed by atoms with Crippen LogP contribution in [0, 0.1) is 10.1 Å². The number of rotatable bonds is 7. The maximum absolute atomic E-state index is 12.4.